The highest BCUT2D eigenvalue weighted by molar-refractivity contribution is 5.52. The number of rotatable bonds is 2. The molecule has 1 rings (SSSR count). The second-order valence-corrected chi connectivity index (χ2v) is 2.99. The molecule has 0 saturated heterocycles. The molecule has 0 aliphatic heterocycles. The van der Waals surface area contributed by atoms with Crippen molar-refractivity contribution in [1.29, 1.82) is 0 Å². The summed E-state index contributed by atoms with van der Waals surface area (Å²) in [5, 5.41) is 19.6. The number of hydrogen-bond donors (Lipinski definition) is 2. The number of para-hydroxylation sites is 1. The summed E-state index contributed by atoms with van der Waals surface area (Å²) in [6.45, 7) is 0. The number of aromatic hydroxyl groups is 1. The van der Waals surface area contributed by atoms with Gasteiger partial charge in [-0.1, -0.05) is 12.1 Å². The number of benzene rings is 1. The van der Waals surface area contributed by atoms with Crippen molar-refractivity contribution in [1.82, 2.24) is 0 Å². The van der Waals surface area contributed by atoms with Crippen molar-refractivity contribution in [3.63, 3.8) is 0 Å². The zero-order valence-electron chi connectivity index (χ0n) is 7.73. The van der Waals surface area contributed by atoms with E-state index in [2.05, 4.69) is 0 Å². The van der Waals surface area contributed by atoms with Gasteiger partial charge in [0.1, 0.15) is 6.04 Å². The summed E-state index contributed by atoms with van der Waals surface area (Å²) >= 11 is 0. The number of phenols is 1. The molecule has 8 heteroatoms. The highest BCUT2D eigenvalue weighted by Crippen LogP contribution is 2.38. The smallest absolute Gasteiger partial charge is 0.407 e. The van der Waals surface area contributed by atoms with Crippen LogP contribution >= 0.6 is 0 Å². The third kappa shape index (κ3) is 2.22. The summed E-state index contributed by atoms with van der Waals surface area (Å²) in [4.78, 5) is 9.39. The molecule has 1 atom stereocenters. The Morgan fingerprint density at radius 1 is 1.44 bits per heavy atom. The number of nitro groups is 1. The number of nitro benzene ring substituents is 1. The maximum Gasteiger partial charge on any atom is 0.407 e. The van der Waals surface area contributed by atoms with Crippen molar-refractivity contribution in [2.24, 2.45) is 5.73 Å². The number of halogens is 3. The van der Waals surface area contributed by atoms with Crippen molar-refractivity contribution >= 4 is 5.69 Å². The molecular weight excluding hydrogens is 229 g/mol. The first-order valence-electron chi connectivity index (χ1n) is 4.03. The summed E-state index contributed by atoms with van der Waals surface area (Å²) in [7, 11) is 0. The molecular formula is C8H7F3N2O3. The third-order valence-electron chi connectivity index (χ3n) is 1.93. The fraction of sp³-hybridized carbons (Fsp3) is 0.250. The van der Waals surface area contributed by atoms with Crippen LogP contribution in [-0.4, -0.2) is 16.2 Å². The van der Waals surface area contributed by atoms with Gasteiger partial charge in [0.2, 0.25) is 0 Å². The molecule has 0 aliphatic carbocycles. The van der Waals surface area contributed by atoms with Gasteiger partial charge in [0, 0.05) is 11.6 Å². The van der Waals surface area contributed by atoms with Crippen LogP contribution in [0.3, 0.4) is 0 Å². The molecule has 1 aromatic rings. The van der Waals surface area contributed by atoms with Crippen molar-refractivity contribution in [3.8, 4) is 5.75 Å². The van der Waals surface area contributed by atoms with E-state index in [0.717, 1.165) is 18.2 Å². The number of alkyl halides is 3. The lowest BCUT2D eigenvalue weighted by molar-refractivity contribution is -0.386. The minimum Gasteiger partial charge on any atom is -0.502 e. The second kappa shape index (κ2) is 3.97. The first-order chi connectivity index (χ1) is 7.25. The van der Waals surface area contributed by atoms with E-state index >= 15 is 0 Å². The highest BCUT2D eigenvalue weighted by atomic mass is 19.4. The molecule has 0 fully saturated rings. The molecule has 0 unspecified atom stereocenters. The molecule has 0 radical (unpaired) electrons. The molecule has 0 aliphatic rings. The van der Waals surface area contributed by atoms with Crippen LogP contribution in [0.1, 0.15) is 11.6 Å². The van der Waals surface area contributed by atoms with E-state index in [1.807, 2.05) is 0 Å². The Morgan fingerprint density at radius 2 is 2.00 bits per heavy atom. The minimum atomic E-state index is -4.77. The molecule has 0 aromatic heterocycles. The van der Waals surface area contributed by atoms with Crippen LogP contribution < -0.4 is 5.73 Å². The van der Waals surface area contributed by atoms with Crippen molar-refractivity contribution in [2.75, 3.05) is 0 Å². The van der Waals surface area contributed by atoms with Crippen LogP contribution in [0.4, 0.5) is 18.9 Å². The van der Waals surface area contributed by atoms with Gasteiger partial charge in [-0.15, -0.1) is 0 Å². The number of hydrogen-bond acceptors (Lipinski definition) is 4. The predicted molar refractivity (Wildman–Crippen MR) is 47.7 cm³/mol. The third-order valence-corrected chi connectivity index (χ3v) is 1.93. The predicted octanol–water partition coefficient (Wildman–Crippen LogP) is 1.86. The fourth-order valence-corrected chi connectivity index (χ4v) is 1.12. The van der Waals surface area contributed by atoms with Gasteiger partial charge in [-0.3, -0.25) is 10.1 Å². The van der Waals surface area contributed by atoms with Gasteiger partial charge in [-0.2, -0.15) is 13.2 Å². The summed E-state index contributed by atoms with van der Waals surface area (Å²) in [5.41, 5.74) is 3.31. The maximum absolute atomic E-state index is 12.2. The SMILES string of the molecule is N[C@@H](c1cccc([N+](=O)[O-])c1O)C(F)(F)F. The van der Waals surface area contributed by atoms with Crippen molar-refractivity contribution in [2.45, 2.75) is 12.2 Å². The Labute approximate surface area is 87.4 Å². The van der Waals surface area contributed by atoms with E-state index in [1.54, 1.807) is 0 Å². The lowest BCUT2D eigenvalue weighted by Crippen LogP contribution is -2.28. The van der Waals surface area contributed by atoms with Gasteiger partial charge in [-0.25, -0.2) is 0 Å². The largest absolute Gasteiger partial charge is 0.502 e. The molecule has 88 valence electrons. The van der Waals surface area contributed by atoms with E-state index in [9.17, 15) is 28.4 Å². The minimum absolute atomic E-state index is 0.721. The number of nitrogens with two attached hydrogens (primary N) is 1. The Kier molecular flexibility index (Phi) is 3.04. The van der Waals surface area contributed by atoms with Crippen LogP contribution in [0.25, 0.3) is 0 Å². The summed E-state index contributed by atoms with van der Waals surface area (Å²) in [6, 6.07) is 0.355. The Bertz CT molecular complexity index is 419. The zero-order chi connectivity index (χ0) is 12.5. The average molecular weight is 236 g/mol. The van der Waals surface area contributed by atoms with Gasteiger partial charge in [0.05, 0.1) is 4.92 Å². The van der Waals surface area contributed by atoms with E-state index in [-0.39, 0.29) is 0 Å². The van der Waals surface area contributed by atoms with Gasteiger partial charge in [0.25, 0.3) is 0 Å². The first kappa shape index (κ1) is 12.2. The number of phenolic OH excluding ortho intramolecular Hbond substituents is 1. The Morgan fingerprint density at radius 3 is 2.44 bits per heavy atom. The monoisotopic (exact) mass is 236 g/mol. The lowest BCUT2D eigenvalue weighted by Gasteiger charge is -2.16. The molecule has 5 nitrogen and oxygen atoms in total. The second-order valence-electron chi connectivity index (χ2n) is 2.99. The fourth-order valence-electron chi connectivity index (χ4n) is 1.12. The standard InChI is InChI=1S/C8H7F3N2O3/c9-8(10,11)7(12)4-2-1-3-5(6(4)14)13(15)16/h1-3,7,14H,12H2/t7-/m0/s1. The maximum atomic E-state index is 12.2. The van der Waals surface area contributed by atoms with Crippen molar-refractivity contribution < 1.29 is 23.2 Å². The molecule has 1 aromatic carbocycles. The van der Waals surface area contributed by atoms with E-state index in [0.29, 0.717) is 0 Å². The quantitative estimate of drug-likeness (QED) is 0.605. The van der Waals surface area contributed by atoms with Crippen molar-refractivity contribution in [3.05, 3.63) is 33.9 Å². The summed E-state index contributed by atoms with van der Waals surface area (Å²) < 4.78 is 36.7. The first-order valence-corrected chi connectivity index (χ1v) is 4.03. The molecule has 0 bridgehead atoms. The van der Waals surface area contributed by atoms with Gasteiger partial charge in [-0.05, 0) is 0 Å². The number of nitrogens with zero attached hydrogens (tertiary/aromatic N) is 1. The average Bonchev–Trinajstić information content (AvgIpc) is 2.15. The molecule has 0 amide bonds. The van der Waals surface area contributed by atoms with Gasteiger partial charge in [0.15, 0.2) is 5.75 Å². The van der Waals surface area contributed by atoms with Gasteiger partial charge < -0.3 is 10.8 Å². The lowest BCUT2D eigenvalue weighted by atomic mass is 10.1. The Hall–Kier alpha value is -1.83. The van der Waals surface area contributed by atoms with Crippen LogP contribution in [0.2, 0.25) is 0 Å². The highest BCUT2D eigenvalue weighted by Gasteiger charge is 2.40. The zero-order valence-corrected chi connectivity index (χ0v) is 7.73. The summed E-state index contributed by atoms with van der Waals surface area (Å²) in [6.07, 6.45) is -4.77. The van der Waals surface area contributed by atoms with Gasteiger partial charge >= 0.3 is 11.9 Å². The van der Waals surface area contributed by atoms with Crippen LogP contribution in [0.15, 0.2) is 18.2 Å². The normalized spacial score (nSPS) is 13.5. The van der Waals surface area contributed by atoms with Crippen LogP contribution in [-0.2, 0) is 0 Å². The molecule has 3 N–H and O–H groups in total. The molecule has 0 spiro atoms. The summed E-state index contributed by atoms with van der Waals surface area (Å²) in [5.74, 6) is -1.06. The molecule has 0 saturated carbocycles. The topological polar surface area (TPSA) is 89.4 Å². The van der Waals surface area contributed by atoms with Crippen LogP contribution in [0.5, 0.6) is 5.75 Å². The van der Waals surface area contributed by atoms with Crippen LogP contribution in [0, 0.1) is 10.1 Å². The van der Waals surface area contributed by atoms with E-state index in [1.165, 1.54) is 0 Å². The van der Waals surface area contributed by atoms with E-state index < -0.39 is 34.1 Å². The molecule has 16 heavy (non-hydrogen) atoms. The Balaban J connectivity index is 3.26. The van der Waals surface area contributed by atoms with E-state index in [4.69, 9.17) is 5.73 Å². The molecule has 0 heterocycles.